The molecule has 1 aromatic heterocycles. The van der Waals surface area contributed by atoms with Gasteiger partial charge in [-0.05, 0) is 20.8 Å². The minimum Gasteiger partial charge on any atom is -0.373 e. The summed E-state index contributed by atoms with van der Waals surface area (Å²) in [5.41, 5.74) is 0. The molecule has 1 saturated heterocycles. The first-order valence-electron chi connectivity index (χ1n) is 6.02. The molecule has 5 nitrogen and oxygen atoms in total. The fraction of sp³-hybridized carbons (Fsp3) is 0.667. The second-order valence-corrected chi connectivity index (χ2v) is 4.57. The third-order valence-corrected chi connectivity index (χ3v) is 2.82. The topological polar surface area (TPSA) is 50.3 Å². The summed E-state index contributed by atoms with van der Waals surface area (Å²) in [6.45, 7) is 7.86. The van der Waals surface area contributed by atoms with E-state index in [0.717, 1.165) is 30.5 Å². The summed E-state index contributed by atoms with van der Waals surface area (Å²) in [6.07, 6.45) is 0.485. The van der Waals surface area contributed by atoms with Crippen LogP contribution in [0.1, 0.15) is 19.7 Å². The van der Waals surface area contributed by atoms with E-state index in [2.05, 4.69) is 34.0 Å². The van der Waals surface area contributed by atoms with E-state index >= 15 is 0 Å². The van der Waals surface area contributed by atoms with Gasteiger partial charge in [0.25, 0.3) is 0 Å². The summed E-state index contributed by atoms with van der Waals surface area (Å²) < 4.78 is 5.72. The molecule has 17 heavy (non-hydrogen) atoms. The molecule has 0 aliphatic carbocycles. The second kappa shape index (κ2) is 4.87. The van der Waals surface area contributed by atoms with Crippen LogP contribution in [0.25, 0.3) is 0 Å². The average Bonchev–Trinajstić information content (AvgIpc) is 2.26. The van der Waals surface area contributed by atoms with Crippen molar-refractivity contribution >= 4 is 11.6 Å². The van der Waals surface area contributed by atoms with Crippen molar-refractivity contribution in [3.05, 3.63) is 11.9 Å². The fourth-order valence-corrected chi connectivity index (χ4v) is 2.21. The maximum atomic E-state index is 5.72. The number of hydrogen-bond donors (Lipinski definition) is 1. The molecule has 1 aliphatic rings. The molecule has 1 aliphatic heterocycles. The van der Waals surface area contributed by atoms with E-state index in [1.165, 1.54) is 0 Å². The summed E-state index contributed by atoms with van der Waals surface area (Å²) in [4.78, 5) is 11.1. The van der Waals surface area contributed by atoms with E-state index in [1.807, 2.05) is 20.0 Å². The van der Waals surface area contributed by atoms with E-state index in [1.54, 1.807) is 0 Å². The van der Waals surface area contributed by atoms with Crippen molar-refractivity contribution in [3.63, 3.8) is 0 Å². The van der Waals surface area contributed by atoms with Crippen molar-refractivity contribution in [3.8, 4) is 0 Å². The van der Waals surface area contributed by atoms with E-state index < -0.39 is 0 Å². The number of anilines is 2. The van der Waals surface area contributed by atoms with Crippen molar-refractivity contribution in [2.24, 2.45) is 0 Å². The van der Waals surface area contributed by atoms with Crippen LogP contribution < -0.4 is 10.2 Å². The lowest BCUT2D eigenvalue weighted by Gasteiger charge is -2.36. The highest BCUT2D eigenvalue weighted by Gasteiger charge is 2.23. The molecule has 2 atom stereocenters. The van der Waals surface area contributed by atoms with Gasteiger partial charge in [-0.2, -0.15) is 0 Å². The van der Waals surface area contributed by atoms with Crippen LogP contribution in [0.5, 0.6) is 0 Å². The first-order valence-corrected chi connectivity index (χ1v) is 6.02. The molecular weight excluding hydrogens is 216 g/mol. The largest absolute Gasteiger partial charge is 0.373 e. The Morgan fingerprint density at radius 2 is 1.94 bits per heavy atom. The van der Waals surface area contributed by atoms with Crippen molar-refractivity contribution in [1.82, 2.24) is 9.97 Å². The number of aromatic nitrogens is 2. The predicted molar refractivity (Wildman–Crippen MR) is 68.5 cm³/mol. The van der Waals surface area contributed by atoms with Crippen LogP contribution in [0, 0.1) is 6.92 Å². The third-order valence-electron chi connectivity index (χ3n) is 2.82. The van der Waals surface area contributed by atoms with E-state index in [0.29, 0.717) is 0 Å². The van der Waals surface area contributed by atoms with E-state index in [4.69, 9.17) is 4.74 Å². The number of morpholine rings is 1. The van der Waals surface area contributed by atoms with Crippen molar-refractivity contribution in [2.45, 2.75) is 33.0 Å². The molecule has 2 rings (SSSR count). The first kappa shape index (κ1) is 12.1. The monoisotopic (exact) mass is 236 g/mol. The molecule has 0 saturated carbocycles. The Morgan fingerprint density at radius 1 is 1.29 bits per heavy atom. The van der Waals surface area contributed by atoms with Crippen LogP contribution in [-0.2, 0) is 4.74 Å². The van der Waals surface area contributed by atoms with Gasteiger partial charge in [-0.25, -0.2) is 9.97 Å². The number of nitrogens with zero attached hydrogens (tertiary/aromatic N) is 3. The Morgan fingerprint density at radius 3 is 2.53 bits per heavy atom. The van der Waals surface area contributed by atoms with Crippen molar-refractivity contribution in [1.29, 1.82) is 0 Å². The van der Waals surface area contributed by atoms with Gasteiger partial charge in [0.05, 0.1) is 12.2 Å². The van der Waals surface area contributed by atoms with Gasteiger partial charge in [-0.15, -0.1) is 0 Å². The summed E-state index contributed by atoms with van der Waals surface area (Å²) in [5.74, 6) is 2.63. The maximum absolute atomic E-state index is 5.72. The third kappa shape index (κ3) is 2.85. The lowest BCUT2D eigenvalue weighted by Crippen LogP contribution is -2.45. The van der Waals surface area contributed by atoms with Gasteiger partial charge in [-0.1, -0.05) is 0 Å². The fourth-order valence-electron chi connectivity index (χ4n) is 2.21. The minimum atomic E-state index is 0.243. The SMILES string of the molecule is CNc1cc(N2C[C@H](C)O[C@@H](C)C2)nc(C)n1. The van der Waals surface area contributed by atoms with Gasteiger partial charge >= 0.3 is 0 Å². The maximum Gasteiger partial charge on any atom is 0.134 e. The lowest BCUT2D eigenvalue weighted by molar-refractivity contribution is -0.00547. The Balaban J connectivity index is 2.23. The smallest absolute Gasteiger partial charge is 0.134 e. The standard InChI is InChI=1S/C12H20N4O/c1-8-6-16(7-9(2)17-8)12-5-11(13-4)14-10(3)15-12/h5,8-9H,6-7H2,1-4H3,(H,13,14,15)/t8-,9-/m0/s1. The molecule has 2 heterocycles. The van der Waals surface area contributed by atoms with Crippen molar-refractivity contribution < 1.29 is 4.74 Å². The molecule has 1 aromatic rings. The van der Waals surface area contributed by atoms with Crippen LogP contribution in [-0.4, -0.2) is 42.3 Å². The van der Waals surface area contributed by atoms with Gasteiger partial charge in [0.15, 0.2) is 0 Å². The van der Waals surface area contributed by atoms with Gasteiger partial charge in [0.2, 0.25) is 0 Å². The molecule has 0 amide bonds. The van der Waals surface area contributed by atoms with E-state index in [-0.39, 0.29) is 12.2 Å². The normalized spacial score (nSPS) is 24.8. The minimum absolute atomic E-state index is 0.243. The Hall–Kier alpha value is -1.36. The molecule has 0 unspecified atom stereocenters. The molecule has 1 fully saturated rings. The first-order chi connectivity index (χ1) is 8.08. The zero-order chi connectivity index (χ0) is 12.4. The zero-order valence-corrected chi connectivity index (χ0v) is 10.9. The van der Waals surface area contributed by atoms with Crippen LogP contribution >= 0.6 is 0 Å². The Kier molecular flexibility index (Phi) is 3.47. The summed E-state index contributed by atoms with van der Waals surface area (Å²) >= 11 is 0. The van der Waals surface area contributed by atoms with E-state index in [9.17, 15) is 0 Å². The Bertz CT molecular complexity index is 386. The average molecular weight is 236 g/mol. The van der Waals surface area contributed by atoms with Crippen LogP contribution in [0.15, 0.2) is 6.07 Å². The zero-order valence-electron chi connectivity index (χ0n) is 10.9. The molecule has 1 N–H and O–H groups in total. The molecule has 0 spiro atoms. The second-order valence-electron chi connectivity index (χ2n) is 4.57. The highest BCUT2D eigenvalue weighted by Crippen LogP contribution is 2.20. The molecular formula is C12H20N4O. The molecule has 0 radical (unpaired) electrons. The highest BCUT2D eigenvalue weighted by atomic mass is 16.5. The van der Waals surface area contributed by atoms with Gasteiger partial charge in [-0.3, -0.25) is 0 Å². The number of nitrogens with one attached hydrogen (secondary N) is 1. The number of hydrogen-bond acceptors (Lipinski definition) is 5. The molecule has 5 heteroatoms. The highest BCUT2D eigenvalue weighted by molar-refractivity contribution is 5.49. The number of aryl methyl sites for hydroxylation is 1. The Labute approximate surface area is 102 Å². The van der Waals surface area contributed by atoms with Crippen LogP contribution in [0.3, 0.4) is 0 Å². The van der Waals surface area contributed by atoms with Gasteiger partial charge in [0, 0.05) is 26.2 Å². The molecule has 0 aromatic carbocycles. The van der Waals surface area contributed by atoms with Crippen molar-refractivity contribution in [2.75, 3.05) is 30.4 Å². The quantitative estimate of drug-likeness (QED) is 0.842. The summed E-state index contributed by atoms with van der Waals surface area (Å²) in [5, 5.41) is 3.06. The molecule has 94 valence electrons. The van der Waals surface area contributed by atoms with Crippen LogP contribution in [0.4, 0.5) is 11.6 Å². The number of rotatable bonds is 2. The van der Waals surface area contributed by atoms with Crippen LogP contribution in [0.2, 0.25) is 0 Å². The summed E-state index contributed by atoms with van der Waals surface area (Å²) in [6, 6.07) is 1.98. The number of ether oxygens (including phenoxy) is 1. The summed E-state index contributed by atoms with van der Waals surface area (Å²) in [7, 11) is 1.87. The van der Waals surface area contributed by atoms with Gasteiger partial charge in [0.1, 0.15) is 17.5 Å². The predicted octanol–water partition coefficient (Wildman–Crippen LogP) is 1.44. The lowest BCUT2D eigenvalue weighted by atomic mass is 10.2. The molecule has 0 bridgehead atoms. The van der Waals surface area contributed by atoms with Gasteiger partial charge < -0.3 is 15.0 Å².